The Morgan fingerprint density at radius 1 is 1.22 bits per heavy atom. The molecule has 0 aliphatic carbocycles. The van der Waals surface area contributed by atoms with Gasteiger partial charge < -0.3 is 5.32 Å². The van der Waals surface area contributed by atoms with E-state index in [0.717, 1.165) is 32.1 Å². The summed E-state index contributed by atoms with van der Waals surface area (Å²) in [6, 6.07) is 5.43. The zero-order valence-electron chi connectivity index (χ0n) is 17.0. The van der Waals surface area contributed by atoms with Gasteiger partial charge in [-0.3, -0.25) is 9.69 Å². The predicted molar refractivity (Wildman–Crippen MR) is 109 cm³/mol. The molecule has 27 heavy (non-hydrogen) atoms. The summed E-state index contributed by atoms with van der Waals surface area (Å²) in [5, 5.41) is 2.84. The minimum absolute atomic E-state index is 0.139. The second kappa shape index (κ2) is 9.66. The van der Waals surface area contributed by atoms with Crippen LogP contribution in [0.25, 0.3) is 0 Å². The molecule has 1 aromatic carbocycles. The van der Waals surface area contributed by atoms with Gasteiger partial charge in [0.15, 0.2) is 0 Å². The molecule has 1 N–H and O–H groups in total. The molecule has 0 spiro atoms. The van der Waals surface area contributed by atoms with Gasteiger partial charge in [-0.2, -0.15) is 4.31 Å². The predicted octanol–water partition coefficient (Wildman–Crippen LogP) is 3.23. The van der Waals surface area contributed by atoms with E-state index in [2.05, 4.69) is 19.2 Å². The van der Waals surface area contributed by atoms with Crippen molar-refractivity contribution in [3.8, 4) is 0 Å². The Bertz CT molecular complexity index is 741. The Balaban J connectivity index is 2.16. The van der Waals surface area contributed by atoms with Crippen molar-refractivity contribution < 1.29 is 13.2 Å². The number of rotatable bonds is 7. The molecule has 1 unspecified atom stereocenters. The maximum atomic E-state index is 13.1. The van der Waals surface area contributed by atoms with E-state index in [1.54, 1.807) is 29.4 Å². The molecule has 1 heterocycles. The van der Waals surface area contributed by atoms with E-state index < -0.39 is 10.0 Å². The van der Waals surface area contributed by atoms with Crippen LogP contribution in [0.15, 0.2) is 23.1 Å². The average Bonchev–Trinajstić information content (AvgIpc) is 2.92. The van der Waals surface area contributed by atoms with Gasteiger partial charge in [-0.1, -0.05) is 25.8 Å². The summed E-state index contributed by atoms with van der Waals surface area (Å²) in [4.78, 5) is 14.6. The van der Waals surface area contributed by atoms with Crippen LogP contribution in [0.3, 0.4) is 0 Å². The maximum absolute atomic E-state index is 13.1. The molecule has 6 nitrogen and oxygen atoms in total. The number of amides is 1. The molecule has 152 valence electrons. The number of nitrogens with one attached hydrogen (secondary N) is 1. The van der Waals surface area contributed by atoms with Gasteiger partial charge in [0.2, 0.25) is 15.9 Å². The van der Waals surface area contributed by atoms with Crippen LogP contribution in [0.5, 0.6) is 0 Å². The van der Waals surface area contributed by atoms with Gasteiger partial charge in [0.05, 0.1) is 11.4 Å². The van der Waals surface area contributed by atoms with Crippen LogP contribution < -0.4 is 5.32 Å². The second-order valence-electron chi connectivity index (χ2n) is 7.52. The highest BCUT2D eigenvalue weighted by molar-refractivity contribution is 7.89. The summed E-state index contributed by atoms with van der Waals surface area (Å²) >= 11 is 0. The number of nitrogens with zero attached hydrogens (tertiary/aromatic N) is 2. The maximum Gasteiger partial charge on any atom is 0.243 e. The van der Waals surface area contributed by atoms with Crippen LogP contribution in [0.1, 0.15) is 51.5 Å². The van der Waals surface area contributed by atoms with E-state index in [9.17, 15) is 13.2 Å². The first-order chi connectivity index (χ1) is 12.8. The molecule has 0 aromatic heterocycles. The molecule has 1 aromatic rings. The molecule has 1 saturated heterocycles. The minimum Gasteiger partial charge on any atom is -0.325 e. The number of anilines is 1. The number of benzene rings is 1. The summed E-state index contributed by atoms with van der Waals surface area (Å²) in [5.74, 6) is -0.139. The van der Waals surface area contributed by atoms with Gasteiger partial charge >= 0.3 is 0 Å². The lowest BCUT2D eigenvalue weighted by molar-refractivity contribution is -0.117. The van der Waals surface area contributed by atoms with Crippen LogP contribution in [-0.4, -0.2) is 56.3 Å². The fourth-order valence-electron chi connectivity index (χ4n) is 3.27. The summed E-state index contributed by atoms with van der Waals surface area (Å²) in [5.41, 5.74) is 1.23. The van der Waals surface area contributed by atoms with Crippen LogP contribution in [-0.2, 0) is 14.8 Å². The van der Waals surface area contributed by atoms with E-state index in [1.807, 2.05) is 11.9 Å². The molecular formula is C20H33N3O3S. The summed E-state index contributed by atoms with van der Waals surface area (Å²) in [6.07, 6.45) is 4.91. The Hall–Kier alpha value is -1.44. The molecule has 7 heteroatoms. The van der Waals surface area contributed by atoms with Crippen LogP contribution in [0, 0.1) is 6.92 Å². The Morgan fingerprint density at radius 3 is 2.44 bits per heavy atom. The smallest absolute Gasteiger partial charge is 0.243 e. The molecule has 1 aliphatic heterocycles. The average molecular weight is 396 g/mol. The molecule has 2 rings (SSSR count). The topological polar surface area (TPSA) is 69.7 Å². The SMILES string of the molecule is CCC(C)N(C)CC(=O)Nc1ccc(C)c(S(=O)(=O)N2CCCCCC2)c1. The quantitative estimate of drug-likeness (QED) is 0.769. The molecule has 1 amide bonds. The van der Waals surface area contributed by atoms with Crippen LogP contribution in [0.2, 0.25) is 0 Å². The fraction of sp³-hybridized carbons (Fsp3) is 0.650. The number of hydrogen-bond acceptors (Lipinski definition) is 4. The van der Waals surface area contributed by atoms with Gasteiger partial charge in [0.25, 0.3) is 0 Å². The van der Waals surface area contributed by atoms with E-state index in [-0.39, 0.29) is 17.3 Å². The van der Waals surface area contributed by atoms with Crippen molar-refractivity contribution >= 4 is 21.6 Å². The Labute approximate surface area is 164 Å². The van der Waals surface area contributed by atoms with Crippen molar-refractivity contribution in [3.63, 3.8) is 0 Å². The van der Waals surface area contributed by atoms with Crippen molar-refractivity contribution in [1.29, 1.82) is 0 Å². The highest BCUT2D eigenvalue weighted by Gasteiger charge is 2.27. The van der Waals surface area contributed by atoms with Gasteiger partial charge in [0.1, 0.15) is 0 Å². The standard InChI is InChI=1S/C20H33N3O3S/c1-5-17(3)22(4)15-20(24)21-18-11-10-16(2)19(14-18)27(25,26)23-12-8-6-7-9-13-23/h10-11,14,17H,5-9,12-13,15H2,1-4H3,(H,21,24). The van der Waals surface area contributed by atoms with Gasteiger partial charge in [0, 0.05) is 24.8 Å². The second-order valence-corrected chi connectivity index (χ2v) is 9.43. The van der Waals surface area contributed by atoms with Crippen molar-refractivity contribution in [2.24, 2.45) is 0 Å². The van der Waals surface area contributed by atoms with Crippen molar-refractivity contribution in [1.82, 2.24) is 9.21 Å². The number of sulfonamides is 1. The third-order valence-electron chi connectivity index (χ3n) is 5.39. The number of carbonyl (C=O) groups excluding carboxylic acids is 1. The zero-order chi connectivity index (χ0) is 20.0. The lowest BCUT2D eigenvalue weighted by atomic mass is 10.2. The summed E-state index contributed by atoms with van der Waals surface area (Å²) in [7, 11) is -1.63. The molecule has 0 bridgehead atoms. The monoisotopic (exact) mass is 395 g/mol. The molecule has 1 aliphatic rings. The lowest BCUT2D eigenvalue weighted by Gasteiger charge is -2.23. The Morgan fingerprint density at radius 2 is 1.85 bits per heavy atom. The van der Waals surface area contributed by atoms with Crippen LogP contribution in [0.4, 0.5) is 5.69 Å². The first-order valence-corrected chi connectivity index (χ1v) is 11.3. The van der Waals surface area contributed by atoms with Gasteiger partial charge in [-0.15, -0.1) is 0 Å². The largest absolute Gasteiger partial charge is 0.325 e. The number of likely N-dealkylation sites (N-methyl/N-ethyl adjacent to an activating group) is 1. The van der Waals surface area contributed by atoms with Crippen LogP contribution >= 0.6 is 0 Å². The van der Waals surface area contributed by atoms with E-state index in [0.29, 0.717) is 30.4 Å². The van der Waals surface area contributed by atoms with Gasteiger partial charge in [-0.25, -0.2) is 8.42 Å². The van der Waals surface area contributed by atoms with E-state index in [4.69, 9.17) is 0 Å². The summed E-state index contributed by atoms with van der Waals surface area (Å²) in [6.45, 7) is 7.37. The molecule has 1 fully saturated rings. The van der Waals surface area contributed by atoms with E-state index >= 15 is 0 Å². The first-order valence-electron chi connectivity index (χ1n) is 9.86. The van der Waals surface area contributed by atoms with Gasteiger partial charge in [-0.05, 0) is 57.9 Å². The number of carbonyl (C=O) groups is 1. The highest BCUT2D eigenvalue weighted by atomic mass is 32.2. The minimum atomic E-state index is -3.54. The van der Waals surface area contributed by atoms with Crippen molar-refractivity contribution in [2.45, 2.75) is 63.8 Å². The fourth-order valence-corrected chi connectivity index (χ4v) is 5.04. The van der Waals surface area contributed by atoms with Crippen molar-refractivity contribution in [3.05, 3.63) is 23.8 Å². The zero-order valence-corrected chi connectivity index (χ0v) is 17.8. The third kappa shape index (κ3) is 5.77. The van der Waals surface area contributed by atoms with Crippen molar-refractivity contribution in [2.75, 3.05) is 32.0 Å². The first kappa shape index (κ1) is 21.9. The Kier molecular flexibility index (Phi) is 7.82. The number of hydrogen-bond donors (Lipinski definition) is 1. The van der Waals surface area contributed by atoms with E-state index in [1.165, 1.54) is 0 Å². The third-order valence-corrected chi connectivity index (χ3v) is 7.43. The highest BCUT2D eigenvalue weighted by Crippen LogP contribution is 2.25. The number of aryl methyl sites for hydroxylation is 1. The molecule has 0 saturated carbocycles. The summed E-state index contributed by atoms with van der Waals surface area (Å²) < 4.78 is 27.8. The normalized spacial score (nSPS) is 17.5. The lowest BCUT2D eigenvalue weighted by Crippen LogP contribution is -2.36. The molecule has 0 radical (unpaired) electrons. The molecule has 1 atom stereocenters. The molecular weight excluding hydrogens is 362 g/mol.